The van der Waals surface area contributed by atoms with Gasteiger partial charge in [-0.3, -0.25) is 9.69 Å². The summed E-state index contributed by atoms with van der Waals surface area (Å²) in [5.74, 6) is 1.05. The van der Waals surface area contributed by atoms with Crippen LogP contribution in [-0.2, 0) is 17.8 Å². The summed E-state index contributed by atoms with van der Waals surface area (Å²) in [5.41, 5.74) is 4.63. The van der Waals surface area contributed by atoms with E-state index in [0.29, 0.717) is 6.42 Å². The van der Waals surface area contributed by atoms with Gasteiger partial charge in [0.2, 0.25) is 5.91 Å². The van der Waals surface area contributed by atoms with E-state index >= 15 is 0 Å². The highest BCUT2D eigenvalue weighted by Crippen LogP contribution is 2.22. The maximum Gasteiger partial charge on any atom is 0.224 e. The molecule has 1 N–H and O–H groups in total. The molecule has 4 rings (SSSR count). The molecular formula is C27H30N2O2. The third kappa shape index (κ3) is 5.74. The predicted octanol–water partition coefficient (Wildman–Crippen LogP) is 4.69. The number of para-hydroxylation sites is 1. The number of hydrogen-bond donors (Lipinski definition) is 1. The summed E-state index contributed by atoms with van der Waals surface area (Å²) in [6.07, 6.45) is 2.39. The Morgan fingerprint density at radius 2 is 1.55 bits per heavy atom. The van der Waals surface area contributed by atoms with Crippen molar-refractivity contribution < 1.29 is 9.53 Å². The number of rotatable bonds is 7. The molecule has 0 spiro atoms. The number of carbonyl (C=O) groups excluding carboxylic acids is 1. The fourth-order valence-electron chi connectivity index (χ4n) is 4.22. The van der Waals surface area contributed by atoms with Crippen LogP contribution in [0.2, 0.25) is 0 Å². The zero-order valence-corrected chi connectivity index (χ0v) is 18.1. The van der Waals surface area contributed by atoms with Crippen LogP contribution in [0.25, 0.3) is 11.1 Å². The lowest BCUT2D eigenvalue weighted by molar-refractivity contribution is -0.121. The number of hydrogen-bond acceptors (Lipinski definition) is 3. The minimum Gasteiger partial charge on any atom is -0.496 e. The molecule has 0 atom stereocenters. The first kappa shape index (κ1) is 21.1. The highest BCUT2D eigenvalue weighted by Gasteiger charge is 2.21. The number of piperidine rings is 1. The molecule has 4 heteroatoms. The molecule has 3 aromatic carbocycles. The first-order chi connectivity index (χ1) is 15.2. The standard InChI is InChI=1S/C27H30N2O2/c1-31-26-10-6-5-9-24(26)20-29-17-15-25(16-18-29)28-27(30)19-21-11-13-23(14-12-21)22-7-3-2-4-8-22/h2-14,25H,15-20H2,1H3,(H,28,30). The molecule has 160 valence electrons. The fourth-order valence-corrected chi connectivity index (χ4v) is 4.22. The zero-order chi connectivity index (χ0) is 21.5. The highest BCUT2D eigenvalue weighted by molar-refractivity contribution is 5.79. The quantitative estimate of drug-likeness (QED) is 0.610. The van der Waals surface area contributed by atoms with Crippen LogP contribution in [0.3, 0.4) is 0 Å². The van der Waals surface area contributed by atoms with Crippen LogP contribution >= 0.6 is 0 Å². The first-order valence-corrected chi connectivity index (χ1v) is 11.0. The van der Waals surface area contributed by atoms with Gasteiger partial charge in [0.05, 0.1) is 13.5 Å². The summed E-state index contributed by atoms with van der Waals surface area (Å²) in [6, 6.07) is 27.0. The largest absolute Gasteiger partial charge is 0.496 e. The molecular weight excluding hydrogens is 384 g/mol. The Morgan fingerprint density at radius 1 is 0.903 bits per heavy atom. The van der Waals surface area contributed by atoms with Crippen LogP contribution in [0, 0.1) is 0 Å². The molecule has 1 fully saturated rings. The van der Waals surface area contributed by atoms with E-state index in [2.05, 4.69) is 58.7 Å². The molecule has 1 heterocycles. The molecule has 1 aliphatic rings. The van der Waals surface area contributed by atoms with Crippen molar-refractivity contribution in [2.24, 2.45) is 0 Å². The van der Waals surface area contributed by atoms with E-state index in [4.69, 9.17) is 4.74 Å². The number of methoxy groups -OCH3 is 1. The van der Waals surface area contributed by atoms with Gasteiger partial charge in [-0.1, -0.05) is 72.8 Å². The first-order valence-electron chi connectivity index (χ1n) is 11.0. The highest BCUT2D eigenvalue weighted by atomic mass is 16.5. The second-order valence-electron chi connectivity index (χ2n) is 8.17. The lowest BCUT2D eigenvalue weighted by Gasteiger charge is -2.32. The smallest absolute Gasteiger partial charge is 0.224 e. The molecule has 0 aliphatic carbocycles. The van der Waals surface area contributed by atoms with E-state index in [1.165, 1.54) is 16.7 Å². The van der Waals surface area contributed by atoms with Gasteiger partial charge in [0.1, 0.15) is 5.75 Å². The lowest BCUT2D eigenvalue weighted by Crippen LogP contribution is -2.44. The topological polar surface area (TPSA) is 41.6 Å². The SMILES string of the molecule is COc1ccccc1CN1CCC(NC(=O)Cc2ccc(-c3ccccc3)cc2)CC1. The number of carbonyl (C=O) groups is 1. The normalized spacial score (nSPS) is 14.9. The van der Waals surface area contributed by atoms with E-state index in [9.17, 15) is 4.79 Å². The number of nitrogens with one attached hydrogen (secondary N) is 1. The molecule has 1 aliphatic heterocycles. The van der Waals surface area contributed by atoms with Crippen molar-refractivity contribution in [1.29, 1.82) is 0 Å². The summed E-state index contributed by atoms with van der Waals surface area (Å²) in [6.45, 7) is 2.85. The predicted molar refractivity (Wildman–Crippen MR) is 125 cm³/mol. The minimum atomic E-state index is 0.107. The summed E-state index contributed by atoms with van der Waals surface area (Å²) >= 11 is 0. The second-order valence-corrected chi connectivity index (χ2v) is 8.17. The average Bonchev–Trinajstić information content (AvgIpc) is 2.82. The second kappa shape index (κ2) is 10.3. The molecule has 0 bridgehead atoms. The number of ether oxygens (including phenoxy) is 1. The van der Waals surface area contributed by atoms with Crippen molar-refractivity contribution in [3.8, 4) is 16.9 Å². The van der Waals surface area contributed by atoms with Gasteiger partial charge in [0, 0.05) is 31.2 Å². The Morgan fingerprint density at radius 3 is 2.26 bits per heavy atom. The maximum absolute atomic E-state index is 12.6. The third-order valence-corrected chi connectivity index (χ3v) is 5.96. The molecule has 3 aromatic rings. The minimum absolute atomic E-state index is 0.107. The van der Waals surface area contributed by atoms with E-state index < -0.39 is 0 Å². The monoisotopic (exact) mass is 414 g/mol. The van der Waals surface area contributed by atoms with E-state index in [0.717, 1.165) is 43.8 Å². The molecule has 0 saturated carbocycles. The fraction of sp³-hybridized carbons (Fsp3) is 0.296. The number of nitrogens with zero attached hydrogens (tertiary/aromatic N) is 1. The zero-order valence-electron chi connectivity index (χ0n) is 18.1. The molecule has 4 nitrogen and oxygen atoms in total. The van der Waals surface area contributed by atoms with Gasteiger partial charge in [-0.15, -0.1) is 0 Å². The van der Waals surface area contributed by atoms with Gasteiger partial charge in [0.25, 0.3) is 0 Å². The Kier molecular flexibility index (Phi) is 7.00. The van der Waals surface area contributed by atoms with Crippen LogP contribution in [0.4, 0.5) is 0 Å². The maximum atomic E-state index is 12.6. The van der Waals surface area contributed by atoms with Crippen molar-refractivity contribution in [2.75, 3.05) is 20.2 Å². The van der Waals surface area contributed by atoms with Gasteiger partial charge >= 0.3 is 0 Å². The van der Waals surface area contributed by atoms with Gasteiger partial charge in [-0.25, -0.2) is 0 Å². The Balaban J connectivity index is 1.24. The van der Waals surface area contributed by atoms with Crippen LogP contribution in [0.5, 0.6) is 5.75 Å². The molecule has 1 saturated heterocycles. The Hall–Kier alpha value is -3.11. The molecule has 0 aromatic heterocycles. The Bertz CT molecular complexity index is 978. The van der Waals surface area contributed by atoms with Crippen molar-refractivity contribution in [3.63, 3.8) is 0 Å². The van der Waals surface area contributed by atoms with Crippen molar-refractivity contribution in [2.45, 2.75) is 31.8 Å². The van der Waals surface area contributed by atoms with E-state index in [1.54, 1.807) is 7.11 Å². The summed E-state index contributed by atoms with van der Waals surface area (Å²) in [7, 11) is 1.72. The molecule has 0 radical (unpaired) electrons. The van der Waals surface area contributed by atoms with Crippen LogP contribution < -0.4 is 10.1 Å². The van der Waals surface area contributed by atoms with E-state index in [1.807, 2.05) is 30.3 Å². The van der Waals surface area contributed by atoms with E-state index in [-0.39, 0.29) is 11.9 Å². The van der Waals surface area contributed by atoms with Gasteiger partial charge in [-0.05, 0) is 35.6 Å². The van der Waals surface area contributed by atoms with Crippen LogP contribution in [0.1, 0.15) is 24.0 Å². The number of amides is 1. The average molecular weight is 415 g/mol. The summed E-state index contributed by atoms with van der Waals surface area (Å²) in [4.78, 5) is 15.0. The molecule has 1 amide bonds. The van der Waals surface area contributed by atoms with Gasteiger partial charge in [0.15, 0.2) is 0 Å². The third-order valence-electron chi connectivity index (χ3n) is 5.96. The van der Waals surface area contributed by atoms with Crippen LogP contribution in [-0.4, -0.2) is 37.0 Å². The summed E-state index contributed by atoms with van der Waals surface area (Å²) in [5, 5.41) is 3.23. The molecule has 0 unspecified atom stereocenters. The summed E-state index contributed by atoms with van der Waals surface area (Å²) < 4.78 is 5.47. The van der Waals surface area contributed by atoms with Crippen molar-refractivity contribution in [3.05, 3.63) is 90.0 Å². The van der Waals surface area contributed by atoms with Crippen molar-refractivity contribution in [1.82, 2.24) is 10.2 Å². The number of likely N-dealkylation sites (tertiary alicyclic amines) is 1. The lowest BCUT2D eigenvalue weighted by atomic mass is 10.0. The van der Waals surface area contributed by atoms with Crippen molar-refractivity contribution >= 4 is 5.91 Å². The van der Waals surface area contributed by atoms with Crippen LogP contribution in [0.15, 0.2) is 78.9 Å². The molecule has 31 heavy (non-hydrogen) atoms. The van der Waals surface area contributed by atoms with Gasteiger partial charge < -0.3 is 10.1 Å². The number of benzene rings is 3. The Labute approximate surface area is 184 Å². The van der Waals surface area contributed by atoms with Gasteiger partial charge in [-0.2, -0.15) is 0 Å².